The van der Waals surface area contributed by atoms with E-state index in [1.807, 2.05) is 11.9 Å². The van der Waals surface area contributed by atoms with Crippen LogP contribution in [0.15, 0.2) is 30.5 Å². The number of carboxylic acids is 1. The van der Waals surface area contributed by atoms with Gasteiger partial charge in [-0.2, -0.15) is 9.97 Å². The molecule has 14 heteroatoms. The molecule has 35 heavy (non-hydrogen) atoms. The van der Waals surface area contributed by atoms with Crippen LogP contribution in [0.1, 0.15) is 28.9 Å². The minimum Gasteiger partial charge on any atom is -0.480 e. The van der Waals surface area contributed by atoms with Crippen LogP contribution in [0.25, 0.3) is 11.2 Å². The molecule has 6 N–H and O–H groups in total. The molecule has 0 bridgehead atoms. The van der Waals surface area contributed by atoms with E-state index in [0.717, 1.165) is 5.69 Å². The molecule has 0 saturated carbocycles. The van der Waals surface area contributed by atoms with E-state index in [1.165, 1.54) is 7.11 Å². The lowest BCUT2D eigenvalue weighted by Gasteiger charge is -2.19. The summed E-state index contributed by atoms with van der Waals surface area (Å²) in [4.78, 5) is 53.6. The first-order valence-corrected chi connectivity index (χ1v) is 10.1. The van der Waals surface area contributed by atoms with Crippen LogP contribution in [-0.2, 0) is 20.9 Å². The van der Waals surface area contributed by atoms with Crippen LogP contribution in [0.5, 0.6) is 0 Å². The Bertz CT molecular complexity index is 1220. The Balaban J connectivity index is 0.00000432. The molecular weight excluding hydrogens is 524 g/mol. The fourth-order valence-corrected chi connectivity index (χ4v) is 3.12. The largest absolute Gasteiger partial charge is 0.480 e. The third kappa shape index (κ3) is 6.96. The number of halogens is 1. The Hall–Kier alpha value is -4.07. The molecule has 13 nitrogen and oxygen atoms in total. The van der Waals surface area contributed by atoms with Gasteiger partial charge in [0, 0.05) is 24.7 Å². The maximum atomic E-state index is 12.5. The second kappa shape index (κ2) is 11.9. The van der Waals surface area contributed by atoms with Crippen molar-refractivity contribution in [2.75, 3.05) is 30.5 Å². The number of nitrogen functional groups attached to an aromatic ring is 2. The van der Waals surface area contributed by atoms with Crippen molar-refractivity contribution >= 4 is 63.4 Å². The number of aromatic nitrogens is 4. The molecule has 1 amide bonds. The molecule has 2 heterocycles. The molecule has 0 unspecified atom stereocenters. The summed E-state index contributed by atoms with van der Waals surface area (Å²) < 4.78 is 4.50. The lowest BCUT2D eigenvalue weighted by Crippen LogP contribution is -2.41. The molecule has 0 spiro atoms. The molecule has 0 aliphatic rings. The van der Waals surface area contributed by atoms with E-state index < -0.39 is 23.9 Å². The number of amides is 1. The molecule has 0 radical (unpaired) electrons. The number of benzene rings is 1. The quantitative estimate of drug-likeness (QED) is 0.276. The monoisotopic (exact) mass is 548 g/mol. The number of nitrogens with two attached hydrogens (primary N) is 2. The molecule has 0 aliphatic carbocycles. The minimum absolute atomic E-state index is 0. The van der Waals surface area contributed by atoms with Crippen LogP contribution in [0, 0.1) is 0 Å². The van der Waals surface area contributed by atoms with E-state index in [9.17, 15) is 19.5 Å². The number of nitrogens with zero attached hydrogens (tertiary/aromatic N) is 5. The number of carbonyl (C=O) groups is 3. The molecular formula is C21H25BrN8O5. The van der Waals surface area contributed by atoms with Crippen LogP contribution in [-0.4, -0.2) is 63.1 Å². The predicted molar refractivity (Wildman–Crippen MR) is 133 cm³/mol. The second-order valence-corrected chi connectivity index (χ2v) is 7.38. The van der Waals surface area contributed by atoms with Crippen molar-refractivity contribution < 1.29 is 24.2 Å². The topological polar surface area (TPSA) is 200 Å². The van der Waals surface area contributed by atoms with Gasteiger partial charge in [0.1, 0.15) is 6.04 Å². The summed E-state index contributed by atoms with van der Waals surface area (Å²) in [5.41, 5.74) is 13.8. The van der Waals surface area contributed by atoms with Crippen molar-refractivity contribution in [1.29, 1.82) is 0 Å². The van der Waals surface area contributed by atoms with Gasteiger partial charge >= 0.3 is 11.9 Å². The van der Waals surface area contributed by atoms with Gasteiger partial charge in [0.05, 0.1) is 25.5 Å². The van der Waals surface area contributed by atoms with Gasteiger partial charge in [-0.05, 0) is 30.7 Å². The van der Waals surface area contributed by atoms with Crippen molar-refractivity contribution in [3.63, 3.8) is 0 Å². The lowest BCUT2D eigenvalue weighted by molar-refractivity contribution is -0.142. The first-order chi connectivity index (χ1) is 16.2. The predicted octanol–water partition coefficient (Wildman–Crippen LogP) is 0.935. The molecule has 3 aromatic rings. The third-order valence-corrected chi connectivity index (χ3v) is 4.94. The Labute approximate surface area is 210 Å². The molecule has 1 aromatic carbocycles. The van der Waals surface area contributed by atoms with Gasteiger partial charge < -0.3 is 31.5 Å². The number of carboxylic acid groups (broad SMARTS) is 1. The van der Waals surface area contributed by atoms with E-state index in [4.69, 9.17) is 11.5 Å². The summed E-state index contributed by atoms with van der Waals surface area (Å²) in [6.07, 6.45) is 1.36. The third-order valence-electron chi connectivity index (χ3n) is 4.94. The van der Waals surface area contributed by atoms with E-state index in [2.05, 4.69) is 30.0 Å². The molecule has 2 aromatic heterocycles. The van der Waals surface area contributed by atoms with Crippen LogP contribution in [0.4, 0.5) is 17.5 Å². The molecule has 186 valence electrons. The van der Waals surface area contributed by atoms with Gasteiger partial charge in [0.15, 0.2) is 17.0 Å². The van der Waals surface area contributed by atoms with E-state index in [-0.39, 0.29) is 47.2 Å². The number of rotatable bonds is 9. The zero-order valence-corrected chi connectivity index (χ0v) is 20.7. The molecule has 3 rings (SSSR count). The normalized spacial score (nSPS) is 11.3. The maximum Gasteiger partial charge on any atom is 0.326 e. The fourth-order valence-electron chi connectivity index (χ4n) is 3.12. The maximum absolute atomic E-state index is 12.5. The first-order valence-electron chi connectivity index (χ1n) is 10.1. The standard InChI is InChI=1S/C21H24N8O5.BrH/c1-29(10-12-9-24-18-16(25-12)17(22)27-21(23)28-18)13-5-3-11(4-6-13)19(31)26-14(20(32)33)7-8-15(30)34-2;/h3-6,9,14H,7-8,10H2,1-2H3,(H,26,31)(H,32,33)(H4,22,23,24,27,28);1H/t14-;/m0./s1. The number of carbonyl (C=O) groups excluding carboxylic acids is 2. The summed E-state index contributed by atoms with van der Waals surface area (Å²) in [6, 6.07) is 5.35. The molecule has 1 atom stereocenters. The highest BCUT2D eigenvalue weighted by atomic mass is 79.9. The second-order valence-electron chi connectivity index (χ2n) is 7.38. The number of fused-ring (bicyclic) bond motifs is 1. The smallest absolute Gasteiger partial charge is 0.326 e. The van der Waals surface area contributed by atoms with Crippen molar-refractivity contribution in [1.82, 2.24) is 25.3 Å². The van der Waals surface area contributed by atoms with Crippen molar-refractivity contribution in [2.24, 2.45) is 0 Å². The number of ether oxygens (including phenoxy) is 1. The van der Waals surface area contributed by atoms with Crippen molar-refractivity contribution in [2.45, 2.75) is 25.4 Å². The van der Waals surface area contributed by atoms with Gasteiger partial charge in [-0.25, -0.2) is 14.8 Å². The Morgan fingerprint density at radius 1 is 1.14 bits per heavy atom. The summed E-state index contributed by atoms with van der Waals surface area (Å²) in [5.74, 6) is -2.20. The molecule has 0 saturated heterocycles. The number of aliphatic carboxylic acids is 1. The summed E-state index contributed by atoms with van der Waals surface area (Å²) in [6.45, 7) is 0.382. The van der Waals surface area contributed by atoms with Crippen LogP contribution >= 0.6 is 17.0 Å². The van der Waals surface area contributed by atoms with E-state index >= 15 is 0 Å². The number of anilines is 3. The Morgan fingerprint density at radius 3 is 2.46 bits per heavy atom. The average Bonchev–Trinajstić information content (AvgIpc) is 2.81. The highest BCUT2D eigenvalue weighted by Gasteiger charge is 2.22. The Morgan fingerprint density at radius 2 is 1.83 bits per heavy atom. The van der Waals surface area contributed by atoms with E-state index in [0.29, 0.717) is 23.4 Å². The van der Waals surface area contributed by atoms with E-state index in [1.54, 1.807) is 30.5 Å². The Kier molecular flexibility index (Phi) is 9.22. The first kappa shape index (κ1) is 27.2. The summed E-state index contributed by atoms with van der Waals surface area (Å²) in [7, 11) is 3.04. The average molecular weight is 549 g/mol. The zero-order valence-electron chi connectivity index (χ0n) is 19.0. The number of hydrogen-bond donors (Lipinski definition) is 4. The van der Waals surface area contributed by atoms with Gasteiger partial charge in [-0.3, -0.25) is 9.59 Å². The van der Waals surface area contributed by atoms with Gasteiger partial charge in [-0.15, -0.1) is 17.0 Å². The lowest BCUT2D eigenvalue weighted by atomic mass is 10.1. The highest BCUT2D eigenvalue weighted by Crippen LogP contribution is 2.19. The number of hydrogen-bond acceptors (Lipinski definition) is 11. The van der Waals surface area contributed by atoms with Gasteiger partial charge in [0.25, 0.3) is 5.91 Å². The minimum atomic E-state index is -1.24. The fraction of sp³-hybridized carbons (Fsp3) is 0.286. The van der Waals surface area contributed by atoms with Crippen LogP contribution in [0.2, 0.25) is 0 Å². The SMILES string of the molecule is Br.COC(=O)CC[C@H](NC(=O)c1ccc(N(C)Cc2cnc3nc(N)nc(N)c3n2)cc1)C(=O)O. The van der Waals surface area contributed by atoms with Gasteiger partial charge in [0.2, 0.25) is 5.95 Å². The number of methoxy groups -OCH3 is 1. The van der Waals surface area contributed by atoms with Crippen LogP contribution < -0.4 is 21.7 Å². The van der Waals surface area contributed by atoms with Gasteiger partial charge in [-0.1, -0.05) is 0 Å². The van der Waals surface area contributed by atoms with Crippen molar-refractivity contribution in [3.8, 4) is 0 Å². The van der Waals surface area contributed by atoms with Crippen molar-refractivity contribution in [3.05, 3.63) is 41.7 Å². The summed E-state index contributed by atoms with van der Waals surface area (Å²) in [5, 5.41) is 11.7. The van der Waals surface area contributed by atoms with Crippen LogP contribution in [0.3, 0.4) is 0 Å². The zero-order chi connectivity index (χ0) is 24.8. The molecule has 0 fully saturated rings. The number of esters is 1. The summed E-state index contributed by atoms with van der Waals surface area (Å²) >= 11 is 0. The highest BCUT2D eigenvalue weighted by molar-refractivity contribution is 8.93. The number of nitrogens with one attached hydrogen (secondary N) is 1. The molecule has 0 aliphatic heterocycles.